The first-order chi connectivity index (χ1) is 7.29. The second-order valence-electron chi connectivity index (χ2n) is 3.73. The zero-order valence-electron chi connectivity index (χ0n) is 9.56. The van der Waals surface area contributed by atoms with Crippen LogP contribution in [0.3, 0.4) is 0 Å². The molecule has 0 radical (unpaired) electrons. The van der Waals surface area contributed by atoms with Crippen molar-refractivity contribution >= 4 is 5.97 Å². The maximum absolute atomic E-state index is 12.4. The van der Waals surface area contributed by atoms with Gasteiger partial charge in [-0.3, -0.25) is 0 Å². The van der Waals surface area contributed by atoms with Crippen molar-refractivity contribution < 1.29 is 22.7 Å². The topological polar surface area (TPSA) is 26.3 Å². The highest BCUT2D eigenvalue weighted by Crippen LogP contribution is 2.32. The summed E-state index contributed by atoms with van der Waals surface area (Å²) in [5, 5.41) is 0. The molecule has 0 bridgehead atoms. The number of ether oxygens (including phenoxy) is 1. The molecule has 0 rings (SSSR count). The summed E-state index contributed by atoms with van der Waals surface area (Å²) in [4.78, 5) is 10.9. The van der Waals surface area contributed by atoms with Gasteiger partial charge in [-0.15, -0.1) is 0 Å². The van der Waals surface area contributed by atoms with Gasteiger partial charge in [0.25, 0.3) is 0 Å². The van der Waals surface area contributed by atoms with Gasteiger partial charge in [-0.1, -0.05) is 19.9 Å². The minimum atomic E-state index is -4.22. The molecule has 0 saturated carbocycles. The van der Waals surface area contributed by atoms with Gasteiger partial charge in [-0.25, -0.2) is 4.79 Å². The summed E-state index contributed by atoms with van der Waals surface area (Å²) < 4.78 is 41.9. The monoisotopic (exact) mass is 238 g/mol. The Labute approximate surface area is 93.5 Å². The Hall–Kier alpha value is -1.00. The van der Waals surface area contributed by atoms with Crippen molar-refractivity contribution in [3.05, 3.63) is 12.2 Å². The highest BCUT2D eigenvalue weighted by Gasteiger charge is 2.38. The van der Waals surface area contributed by atoms with E-state index in [4.69, 9.17) is 0 Å². The van der Waals surface area contributed by atoms with E-state index in [0.717, 1.165) is 0 Å². The maximum atomic E-state index is 12.4. The third kappa shape index (κ3) is 5.78. The molecule has 94 valence electrons. The third-order valence-corrected chi connectivity index (χ3v) is 2.15. The van der Waals surface area contributed by atoms with Crippen molar-refractivity contribution in [2.75, 3.05) is 6.61 Å². The Morgan fingerprint density at radius 1 is 1.38 bits per heavy atom. The van der Waals surface area contributed by atoms with E-state index in [1.54, 1.807) is 6.92 Å². The summed E-state index contributed by atoms with van der Waals surface area (Å²) in [5.41, 5.74) is 0.194. The number of carbonyl (C=O) groups is 1. The fourth-order valence-electron chi connectivity index (χ4n) is 1.24. The number of rotatable bonds is 6. The van der Waals surface area contributed by atoms with Gasteiger partial charge in [-0.2, -0.15) is 13.2 Å². The standard InChI is InChI=1S/C11H17F3O2/c1-4-5-9(11(12,13)14)6-7-16-10(15)8(2)3/h9H,2,4-7H2,1,3H3. The summed E-state index contributed by atoms with van der Waals surface area (Å²) >= 11 is 0. The molecule has 0 spiro atoms. The van der Waals surface area contributed by atoms with Crippen LogP contribution in [0.5, 0.6) is 0 Å². The number of hydrogen-bond acceptors (Lipinski definition) is 2. The van der Waals surface area contributed by atoms with Crippen molar-refractivity contribution in [1.29, 1.82) is 0 Å². The molecule has 2 nitrogen and oxygen atoms in total. The second-order valence-corrected chi connectivity index (χ2v) is 3.73. The van der Waals surface area contributed by atoms with Gasteiger partial charge < -0.3 is 4.74 Å². The van der Waals surface area contributed by atoms with E-state index in [2.05, 4.69) is 11.3 Å². The molecule has 0 aromatic heterocycles. The van der Waals surface area contributed by atoms with Crippen molar-refractivity contribution in [1.82, 2.24) is 0 Å². The fraction of sp³-hybridized carbons (Fsp3) is 0.727. The number of halogens is 3. The van der Waals surface area contributed by atoms with Crippen molar-refractivity contribution in [3.8, 4) is 0 Å². The molecule has 16 heavy (non-hydrogen) atoms. The largest absolute Gasteiger partial charge is 0.462 e. The van der Waals surface area contributed by atoms with E-state index in [9.17, 15) is 18.0 Å². The van der Waals surface area contributed by atoms with Crippen LogP contribution in [-0.4, -0.2) is 18.8 Å². The van der Waals surface area contributed by atoms with Gasteiger partial charge in [0.1, 0.15) is 0 Å². The minimum absolute atomic E-state index is 0.0636. The Bertz CT molecular complexity index is 246. The van der Waals surface area contributed by atoms with Crippen LogP contribution in [0.1, 0.15) is 33.1 Å². The molecular formula is C11H17F3O2. The van der Waals surface area contributed by atoms with Crippen molar-refractivity contribution in [2.45, 2.75) is 39.3 Å². The van der Waals surface area contributed by atoms with E-state index in [1.165, 1.54) is 6.92 Å². The molecule has 0 aromatic rings. The zero-order chi connectivity index (χ0) is 12.8. The second kappa shape index (κ2) is 6.55. The number of esters is 1. The molecule has 0 N–H and O–H groups in total. The summed E-state index contributed by atoms with van der Waals surface area (Å²) in [5.74, 6) is -2.03. The van der Waals surface area contributed by atoms with E-state index >= 15 is 0 Å². The van der Waals surface area contributed by atoms with Crippen molar-refractivity contribution in [2.24, 2.45) is 5.92 Å². The van der Waals surface area contributed by atoms with Crippen LogP contribution < -0.4 is 0 Å². The average Bonchev–Trinajstić information content (AvgIpc) is 2.14. The van der Waals surface area contributed by atoms with Gasteiger partial charge >= 0.3 is 12.1 Å². The van der Waals surface area contributed by atoms with Gasteiger partial charge in [-0.05, 0) is 19.8 Å². The van der Waals surface area contributed by atoms with Crippen LogP contribution in [0, 0.1) is 5.92 Å². The molecule has 0 aliphatic rings. The molecule has 5 heteroatoms. The predicted molar refractivity (Wildman–Crippen MR) is 54.8 cm³/mol. The van der Waals surface area contributed by atoms with Crippen LogP contribution in [0.25, 0.3) is 0 Å². The highest BCUT2D eigenvalue weighted by atomic mass is 19.4. The molecule has 0 aliphatic carbocycles. The van der Waals surface area contributed by atoms with Gasteiger partial charge in [0.15, 0.2) is 0 Å². The van der Waals surface area contributed by atoms with Crippen LogP contribution in [-0.2, 0) is 9.53 Å². The Morgan fingerprint density at radius 3 is 2.31 bits per heavy atom. The zero-order valence-corrected chi connectivity index (χ0v) is 9.56. The van der Waals surface area contributed by atoms with Crippen LogP contribution in [0.2, 0.25) is 0 Å². The Morgan fingerprint density at radius 2 is 1.94 bits per heavy atom. The number of carbonyl (C=O) groups excluding carboxylic acids is 1. The van der Waals surface area contributed by atoms with Crippen molar-refractivity contribution in [3.63, 3.8) is 0 Å². The molecule has 0 saturated heterocycles. The predicted octanol–water partition coefficient (Wildman–Crippen LogP) is 3.47. The summed E-state index contributed by atoms with van der Waals surface area (Å²) in [7, 11) is 0. The lowest BCUT2D eigenvalue weighted by molar-refractivity contribution is -0.182. The SMILES string of the molecule is C=C(C)C(=O)OCCC(CCC)C(F)(F)F. The van der Waals surface area contributed by atoms with Crippen LogP contribution >= 0.6 is 0 Å². The summed E-state index contributed by atoms with van der Waals surface area (Å²) in [6.45, 7) is 6.28. The molecule has 1 atom stereocenters. The lowest BCUT2D eigenvalue weighted by Crippen LogP contribution is -2.24. The molecule has 0 heterocycles. The number of alkyl halides is 3. The lowest BCUT2D eigenvalue weighted by atomic mass is 10.00. The maximum Gasteiger partial charge on any atom is 0.391 e. The average molecular weight is 238 g/mol. The molecule has 0 amide bonds. The molecule has 0 aliphatic heterocycles. The van der Waals surface area contributed by atoms with E-state index < -0.39 is 18.1 Å². The lowest BCUT2D eigenvalue weighted by Gasteiger charge is -2.19. The summed E-state index contributed by atoms with van der Waals surface area (Å²) in [6, 6.07) is 0. The normalized spacial score (nSPS) is 13.3. The molecule has 1 unspecified atom stereocenters. The first-order valence-corrected chi connectivity index (χ1v) is 5.18. The smallest absolute Gasteiger partial charge is 0.391 e. The molecule has 0 aromatic carbocycles. The first-order valence-electron chi connectivity index (χ1n) is 5.18. The molecule has 0 fully saturated rings. The van der Waals surface area contributed by atoms with Gasteiger partial charge in [0, 0.05) is 5.57 Å². The van der Waals surface area contributed by atoms with E-state index in [0.29, 0.717) is 6.42 Å². The first kappa shape index (κ1) is 15.0. The third-order valence-electron chi connectivity index (χ3n) is 2.15. The minimum Gasteiger partial charge on any atom is -0.462 e. The Balaban J connectivity index is 4.04. The van der Waals surface area contributed by atoms with Crippen LogP contribution in [0.15, 0.2) is 12.2 Å². The summed E-state index contributed by atoms with van der Waals surface area (Å²) in [6.07, 6.45) is -3.88. The fourth-order valence-corrected chi connectivity index (χ4v) is 1.24. The highest BCUT2D eigenvalue weighted by molar-refractivity contribution is 5.86. The van der Waals surface area contributed by atoms with Gasteiger partial charge in [0.05, 0.1) is 12.5 Å². The van der Waals surface area contributed by atoms with Crippen LogP contribution in [0.4, 0.5) is 13.2 Å². The number of hydrogen-bond donors (Lipinski definition) is 0. The van der Waals surface area contributed by atoms with E-state index in [1.807, 2.05) is 0 Å². The van der Waals surface area contributed by atoms with Gasteiger partial charge in [0.2, 0.25) is 0 Å². The van der Waals surface area contributed by atoms with E-state index in [-0.39, 0.29) is 25.0 Å². The molecular weight excluding hydrogens is 221 g/mol. The quantitative estimate of drug-likeness (QED) is 0.523. The Kier molecular flexibility index (Phi) is 6.14.